The lowest BCUT2D eigenvalue weighted by molar-refractivity contribution is -0.384. The second kappa shape index (κ2) is 10.5. The van der Waals surface area contributed by atoms with Crippen molar-refractivity contribution in [1.29, 1.82) is 0 Å². The molecule has 1 unspecified atom stereocenters. The number of nitro benzene ring substituents is 1. The molecule has 0 fully saturated rings. The van der Waals surface area contributed by atoms with Crippen molar-refractivity contribution in [3.05, 3.63) is 116 Å². The molecule has 4 aromatic carbocycles. The van der Waals surface area contributed by atoms with Crippen LogP contribution in [0.2, 0.25) is 0 Å². The van der Waals surface area contributed by atoms with Gasteiger partial charge >= 0.3 is 0 Å². The van der Waals surface area contributed by atoms with Crippen molar-refractivity contribution in [1.82, 2.24) is 4.98 Å². The molecule has 45 heavy (non-hydrogen) atoms. The molecule has 8 heteroatoms. The number of benzene rings is 4. The number of para-hydroxylation sites is 1. The van der Waals surface area contributed by atoms with Crippen molar-refractivity contribution in [3.8, 4) is 11.5 Å². The molecule has 6 rings (SSSR count). The fraction of sp³-hybridized carbons (Fsp3) is 0.270. The van der Waals surface area contributed by atoms with E-state index in [0.29, 0.717) is 33.5 Å². The van der Waals surface area contributed by atoms with Crippen molar-refractivity contribution >= 4 is 38.9 Å². The highest BCUT2D eigenvalue weighted by atomic mass is 16.6. The minimum Gasteiger partial charge on any atom is -0.507 e. The number of non-ortho nitro benzene ring substituents is 1. The van der Waals surface area contributed by atoms with Gasteiger partial charge in [-0.1, -0.05) is 59.7 Å². The first-order chi connectivity index (χ1) is 21.1. The molecule has 0 amide bonds. The van der Waals surface area contributed by atoms with Crippen LogP contribution in [0.25, 0.3) is 21.7 Å². The molecule has 0 saturated carbocycles. The first-order valence-electron chi connectivity index (χ1n) is 14.8. The van der Waals surface area contributed by atoms with Crippen LogP contribution in [-0.4, -0.2) is 26.6 Å². The van der Waals surface area contributed by atoms with Crippen LogP contribution in [0.5, 0.6) is 11.5 Å². The highest BCUT2D eigenvalue weighted by molar-refractivity contribution is 6.30. The summed E-state index contributed by atoms with van der Waals surface area (Å²) in [6.45, 7) is 12.6. The molecule has 5 aromatic rings. The Morgan fingerprint density at radius 1 is 0.800 bits per heavy atom. The summed E-state index contributed by atoms with van der Waals surface area (Å²) in [5, 5.41) is 24.3. The summed E-state index contributed by atoms with van der Waals surface area (Å²) in [7, 11) is 0. The van der Waals surface area contributed by atoms with Gasteiger partial charge in [0, 0.05) is 28.6 Å². The molecule has 0 saturated heterocycles. The number of rotatable bonds is 5. The number of nitrogens with zero attached hydrogens (tertiary/aromatic N) is 2. The van der Waals surface area contributed by atoms with Crippen LogP contribution in [0.1, 0.15) is 90.6 Å². The monoisotopic (exact) mass is 602 g/mol. The second-order valence-corrected chi connectivity index (χ2v) is 13.7. The minimum atomic E-state index is -1.12. The predicted octanol–water partition coefficient (Wildman–Crippen LogP) is 8.34. The Morgan fingerprint density at radius 3 is 2.00 bits per heavy atom. The van der Waals surface area contributed by atoms with E-state index in [0.717, 1.165) is 22.1 Å². The topological polar surface area (TPSA) is 120 Å². The molecule has 1 aliphatic rings. The van der Waals surface area contributed by atoms with Crippen LogP contribution in [0, 0.1) is 10.1 Å². The van der Waals surface area contributed by atoms with Gasteiger partial charge in [-0.15, -0.1) is 0 Å². The standard InChI is InChI=1S/C37H34N2O6/c1-36(2,3)27-14-20(15-28(35(27)42)37(4,5)6)19-45-30-9-7-8-21-11-13-29(38-32(21)30)31-33(40)25-17-22-10-12-24(39(43)44)16-23(22)18-26(25)34(31)41/h7-18,31,42H,19H2,1-6H3. The third-order valence-corrected chi connectivity index (χ3v) is 8.41. The quantitative estimate of drug-likeness (QED) is 0.122. The smallest absolute Gasteiger partial charge is 0.270 e. The average molecular weight is 603 g/mol. The molecule has 1 N–H and O–H groups in total. The summed E-state index contributed by atoms with van der Waals surface area (Å²) in [5.41, 5.74) is 3.29. The Labute approximate surface area is 260 Å². The van der Waals surface area contributed by atoms with Gasteiger partial charge in [0.2, 0.25) is 0 Å². The average Bonchev–Trinajstić information content (AvgIpc) is 3.21. The van der Waals surface area contributed by atoms with E-state index in [9.17, 15) is 24.8 Å². The molecular weight excluding hydrogens is 568 g/mol. The number of hydrogen-bond donors (Lipinski definition) is 1. The lowest BCUT2D eigenvalue weighted by Gasteiger charge is -2.28. The fourth-order valence-electron chi connectivity index (χ4n) is 6.00. The van der Waals surface area contributed by atoms with Crippen LogP contribution >= 0.6 is 0 Å². The normalized spacial score (nSPS) is 15.1. The first kappa shape index (κ1) is 29.9. The largest absolute Gasteiger partial charge is 0.507 e. The van der Waals surface area contributed by atoms with Crippen LogP contribution in [0.15, 0.2) is 72.8 Å². The summed E-state index contributed by atoms with van der Waals surface area (Å²) >= 11 is 0. The number of phenols is 1. The molecule has 1 atom stereocenters. The number of fused-ring (bicyclic) bond motifs is 3. The molecule has 1 heterocycles. The molecule has 0 spiro atoms. The van der Waals surface area contributed by atoms with Gasteiger partial charge < -0.3 is 9.84 Å². The number of hydrogen-bond acceptors (Lipinski definition) is 7. The number of Topliss-reactive ketones (excluding diaryl/α,β-unsaturated/α-hetero) is 2. The number of aromatic nitrogens is 1. The van der Waals surface area contributed by atoms with Crippen LogP contribution in [0.3, 0.4) is 0 Å². The Kier molecular flexibility index (Phi) is 6.99. The zero-order valence-corrected chi connectivity index (χ0v) is 26.1. The van der Waals surface area contributed by atoms with Crippen molar-refractivity contribution in [2.24, 2.45) is 0 Å². The SMILES string of the molecule is CC(C)(C)c1cc(COc2cccc3ccc(C4C(=O)c5cc6ccc([N+](=O)[O-])cc6cc5C4=O)nc23)cc(C(C)(C)C)c1O. The van der Waals surface area contributed by atoms with E-state index in [2.05, 4.69) is 41.5 Å². The van der Waals surface area contributed by atoms with E-state index >= 15 is 0 Å². The maximum absolute atomic E-state index is 13.6. The Morgan fingerprint density at radius 2 is 1.40 bits per heavy atom. The van der Waals surface area contributed by atoms with E-state index in [-0.39, 0.29) is 45.8 Å². The van der Waals surface area contributed by atoms with Crippen LogP contribution < -0.4 is 4.74 Å². The third-order valence-electron chi connectivity index (χ3n) is 8.41. The zero-order chi connectivity index (χ0) is 32.4. The predicted molar refractivity (Wildman–Crippen MR) is 174 cm³/mol. The van der Waals surface area contributed by atoms with Gasteiger partial charge in [0.1, 0.15) is 29.5 Å². The number of nitro groups is 1. The van der Waals surface area contributed by atoms with Gasteiger partial charge in [-0.05, 0) is 80.8 Å². The Hall–Kier alpha value is -5.11. The number of carbonyl (C=O) groups excluding carboxylic acids is 2. The van der Waals surface area contributed by atoms with Crippen molar-refractivity contribution in [2.45, 2.75) is 64.9 Å². The van der Waals surface area contributed by atoms with Gasteiger partial charge in [-0.3, -0.25) is 19.7 Å². The van der Waals surface area contributed by atoms with Crippen molar-refractivity contribution in [2.75, 3.05) is 0 Å². The zero-order valence-electron chi connectivity index (χ0n) is 26.1. The van der Waals surface area contributed by atoms with Crippen LogP contribution in [0.4, 0.5) is 5.69 Å². The van der Waals surface area contributed by atoms with Gasteiger partial charge in [-0.25, -0.2) is 4.98 Å². The first-order valence-corrected chi connectivity index (χ1v) is 14.8. The maximum Gasteiger partial charge on any atom is 0.270 e. The van der Waals surface area contributed by atoms with Gasteiger partial charge in [0.05, 0.1) is 10.6 Å². The van der Waals surface area contributed by atoms with Crippen molar-refractivity contribution in [3.63, 3.8) is 0 Å². The summed E-state index contributed by atoms with van der Waals surface area (Å²) in [6.07, 6.45) is 0. The van der Waals surface area contributed by atoms with Gasteiger partial charge in [0.25, 0.3) is 5.69 Å². The second-order valence-electron chi connectivity index (χ2n) is 13.7. The Bertz CT molecular complexity index is 2030. The molecule has 8 nitrogen and oxygen atoms in total. The highest BCUT2D eigenvalue weighted by Crippen LogP contribution is 2.41. The number of pyridine rings is 1. The van der Waals surface area contributed by atoms with Gasteiger partial charge in [-0.2, -0.15) is 0 Å². The number of phenolic OH excluding ortho intramolecular Hbond substituents is 1. The van der Waals surface area contributed by atoms with E-state index in [4.69, 9.17) is 9.72 Å². The summed E-state index contributed by atoms with van der Waals surface area (Å²) < 4.78 is 6.33. The summed E-state index contributed by atoms with van der Waals surface area (Å²) in [4.78, 5) is 42.8. The van der Waals surface area contributed by atoms with E-state index < -0.39 is 10.8 Å². The van der Waals surface area contributed by atoms with E-state index in [1.807, 2.05) is 36.4 Å². The Balaban J connectivity index is 1.35. The van der Waals surface area contributed by atoms with Gasteiger partial charge in [0.15, 0.2) is 11.6 Å². The third kappa shape index (κ3) is 5.30. The van der Waals surface area contributed by atoms with Crippen molar-refractivity contribution < 1.29 is 24.4 Å². The lowest BCUT2D eigenvalue weighted by Crippen LogP contribution is -2.18. The van der Waals surface area contributed by atoms with Crippen LogP contribution in [-0.2, 0) is 17.4 Å². The molecular formula is C37H34N2O6. The fourth-order valence-corrected chi connectivity index (χ4v) is 6.00. The number of ketones is 2. The number of aromatic hydroxyl groups is 1. The molecule has 228 valence electrons. The molecule has 0 aliphatic heterocycles. The molecule has 1 aromatic heterocycles. The number of carbonyl (C=O) groups is 2. The van der Waals surface area contributed by atoms with E-state index in [1.165, 1.54) is 12.1 Å². The summed E-state index contributed by atoms with van der Waals surface area (Å²) in [5.74, 6) is -1.06. The molecule has 0 bridgehead atoms. The van der Waals surface area contributed by atoms with E-state index in [1.54, 1.807) is 24.3 Å². The highest BCUT2D eigenvalue weighted by Gasteiger charge is 2.41. The number of ether oxygens (including phenoxy) is 1. The lowest BCUT2D eigenvalue weighted by atomic mass is 9.78. The molecule has 0 radical (unpaired) electrons. The summed E-state index contributed by atoms with van der Waals surface area (Å²) in [6, 6.07) is 20.6. The maximum atomic E-state index is 13.6. The minimum absolute atomic E-state index is 0.0870. The molecule has 1 aliphatic carbocycles.